The fraction of sp³-hybridized carbons (Fsp3) is 0.667. The lowest BCUT2D eigenvalue weighted by molar-refractivity contribution is -0.172. The molecule has 1 unspecified atom stereocenters. The molecule has 10 atom stereocenters. The van der Waals surface area contributed by atoms with Gasteiger partial charge >= 0.3 is 13.8 Å². The van der Waals surface area contributed by atoms with Crippen LogP contribution in [0.5, 0.6) is 0 Å². The zero-order valence-corrected chi connectivity index (χ0v) is 29.6. The minimum atomic E-state index is -4.00. The summed E-state index contributed by atoms with van der Waals surface area (Å²) < 4.78 is 38.9. The number of fused-ring (bicyclic) bond motifs is 5. The summed E-state index contributed by atoms with van der Waals surface area (Å²) in [6.45, 7) is 7.52. The number of carbonyl (C=O) groups excluding carboxylic acids is 1. The van der Waals surface area contributed by atoms with Gasteiger partial charge in [-0.3, -0.25) is 18.4 Å². The number of hydrogen-bond donors (Lipinski definition) is 1. The quantitative estimate of drug-likeness (QED) is 0.178. The molecule has 47 heavy (non-hydrogen) atoms. The molecule has 7 nitrogen and oxygen atoms in total. The van der Waals surface area contributed by atoms with E-state index in [2.05, 4.69) is 20.8 Å². The molecule has 8 heteroatoms. The van der Waals surface area contributed by atoms with E-state index in [9.17, 15) is 14.5 Å². The van der Waals surface area contributed by atoms with Crippen LogP contribution in [0.1, 0.15) is 96.1 Å². The molecule has 0 saturated heterocycles. The molecular weight excluding hydrogens is 611 g/mol. The highest BCUT2D eigenvalue weighted by atomic mass is 31.2. The predicted molar refractivity (Wildman–Crippen MR) is 182 cm³/mol. The predicted octanol–water partition coefficient (Wildman–Crippen LogP) is 9.13. The van der Waals surface area contributed by atoms with Crippen molar-refractivity contribution < 1.29 is 32.8 Å². The molecule has 4 saturated carbocycles. The van der Waals surface area contributed by atoms with E-state index >= 15 is 0 Å². The Morgan fingerprint density at radius 1 is 0.872 bits per heavy atom. The molecule has 0 spiro atoms. The summed E-state index contributed by atoms with van der Waals surface area (Å²) >= 11 is 0. The summed E-state index contributed by atoms with van der Waals surface area (Å²) in [5, 5.41) is 10.8. The van der Waals surface area contributed by atoms with Gasteiger partial charge in [0.25, 0.3) is 0 Å². The smallest absolute Gasteiger partial charge is 0.469 e. The molecule has 258 valence electrons. The van der Waals surface area contributed by atoms with Crippen LogP contribution in [0.25, 0.3) is 0 Å². The number of carbonyl (C=O) groups is 1. The summed E-state index contributed by atoms with van der Waals surface area (Å²) in [5.74, 6) is 2.11. The summed E-state index contributed by atoms with van der Waals surface area (Å²) in [6.07, 6.45) is 8.53. The molecule has 0 aliphatic heterocycles. The van der Waals surface area contributed by atoms with Gasteiger partial charge in [-0.25, -0.2) is 4.57 Å². The van der Waals surface area contributed by atoms with Gasteiger partial charge in [-0.2, -0.15) is 0 Å². The molecule has 1 N–H and O–H groups in total. The Labute approximate surface area is 281 Å². The van der Waals surface area contributed by atoms with Crippen LogP contribution in [0.4, 0.5) is 0 Å². The number of hydrogen-bond acceptors (Lipinski definition) is 7. The van der Waals surface area contributed by atoms with E-state index in [1.54, 1.807) is 0 Å². The molecule has 0 amide bonds. The van der Waals surface area contributed by atoms with Gasteiger partial charge in [0.15, 0.2) is 0 Å². The van der Waals surface area contributed by atoms with Crippen LogP contribution in [0.2, 0.25) is 0 Å². The Morgan fingerprint density at radius 3 is 2.09 bits per heavy atom. The van der Waals surface area contributed by atoms with E-state index in [0.717, 1.165) is 68.9 Å². The molecule has 4 aliphatic carbocycles. The highest BCUT2D eigenvalue weighted by molar-refractivity contribution is 7.48. The normalized spacial score (nSPS) is 35.7. The summed E-state index contributed by atoms with van der Waals surface area (Å²) in [6, 6.07) is 19.5. The number of methoxy groups -OCH3 is 1. The van der Waals surface area contributed by atoms with Crippen LogP contribution in [0.15, 0.2) is 60.7 Å². The maximum Gasteiger partial charge on any atom is 0.475 e. The largest absolute Gasteiger partial charge is 0.475 e. The molecule has 2 aromatic rings. The van der Waals surface area contributed by atoms with Crippen LogP contribution < -0.4 is 0 Å². The summed E-state index contributed by atoms with van der Waals surface area (Å²) in [4.78, 5) is 12.0. The molecule has 4 fully saturated rings. The Kier molecular flexibility index (Phi) is 10.7. The van der Waals surface area contributed by atoms with E-state index < -0.39 is 7.82 Å². The highest BCUT2D eigenvalue weighted by Crippen LogP contribution is 2.70. The lowest BCUT2D eigenvalue weighted by Crippen LogP contribution is -2.59. The van der Waals surface area contributed by atoms with Gasteiger partial charge in [-0.1, -0.05) is 81.4 Å². The Bertz CT molecular complexity index is 1340. The summed E-state index contributed by atoms with van der Waals surface area (Å²) in [5.41, 5.74) is 2.04. The lowest BCUT2D eigenvalue weighted by atomic mass is 9.43. The fourth-order valence-electron chi connectivity index (χ4n) is 10.6. The van der Waals surface area contributed by atoms with Crippen molar-refractivity contribution in [1.82, 2.24) is 0 Å². The molecule has 2 aromatic carbocycles. The van der Waals surface area contributed by atoms with Crippen molar-refractivity contribution in [3.8, 4) is 0 Å². The van der Waals surface area contributed by atoms with Gasteiger partial charge in [0.05, 0.1) is 32.5 Å². The number of phosphoric ester groups is 1. The van der Waals surface area contributed by atoms with E-state index in [1.807, 2.05) is 60.7 Å². The standard InChI is InChI=1S/C39H55O7P/c1-27(15-18-36(41)43-4)32-16-17-33-37-34(20-22-39(32,33)3)38(2)21-19-31(40)23-30(38)24-35(37)46-47(42,44-25-28-11-7-5-8-12-28)45-26-29-13-9-6-10-14-29/h5-14,27,30-35,37,40H,15-26H2,1-4H3/t27-,30+,31-,32-,33+,34+,35-,37+,38+,39?/m1/s1. The van der Waals surface area contributed by atoms with E-state index in [1.165, 1.54) is 7.11 Å². The SMILES string of the molecule is COC(=O)CC[C@@H](C)[C@H]1CC[C@H]2[C@@H]3[C@H](OP(=O)(OCc4ccccc4)OCc4ccccc4)C[C@@H]4C[C@H](O)CC[C@]4(C)[C@H]3CCC12C. The first kappa shape index (κ1) is 34.8. The first-order chi connectivity index (χ1) is 22.5. The topological polar surface area (TPSA) is 91.3 Å². The molecule has 0 radical (unpaired) electrons. The third-order valence-electron chi connectivity index (χ3n) is 13.2. The van der Waals surface area contributed by atoms with Crippen LogP contribution in [-0.4, -0.2) is 30.4 Å². The Hall–Kier alpha value is -2.02. The molecule has 0 bridgehead atoms. The minimum absolute atomic E-state index is 0.107. The van der Waals surface area contributed by atoms with E-state index in [-0.39, 0.29) is 54.1 Å². The van der Waals surface area contributed by atoms with Crippen molar-refractivity contribution in [3.63, 3.8) is 0 Å². The van der Waals surface area contributed by atoms with Gasteiger partial charge in [-0.15, -0.1) is 0 Å². The molecular formula is C39H55O7P. The Morgan fingerprint density at radius 2 is 1.47 bits per heavy atom. The van der Waals surface area contributed by atoms with Gasteiger partial charge < -0.3 is 9.84 Å². The third-order valence-corrected chi connectivity index (χ3v) is 14.6. The number of phosphoric acid groups is 1. The first-order valence-electron chi connectivity index (χ1n) is 17.9. The zero-order valence-electron chi connectivity index (χ0n) is 28.7. The van der Waals surface area contributed by atoms with Crippen LogP contribution in [0, 0.1) is 46.3 Å². The molecule has 0 aromatic heterocycles. The second-order valence-corrected chi connectivity index (χ2v) is 17.2. The lowest BCUT2D eigenvalue weighted by Gasteiger charge is -2.63. The number of aliphatic hydroxyl groups excluding tert-OH is 1. The van der Waals surface area contributed by atoms with E-state index in [0.29, 0.717) is 30.1 Å². The van der Waals surface area contributed by atoms with Gasteiger partial charge in [0.1, 0.15) is 0 Å². The number of rotatable bonds is 12. The van der Waals surface area contributed by atoms with Crippen molar-refractivity contribution in [1.29, 1.82) is 0 Å². The van der Waals surface area contributed by atoms with Crippen LogP contribution >= 0.6 is 7.82 Å². The average molecular weight is 667 g/mol. The highest BCUT2D eigenvalue weighted by Gasteiger charge is 2.64. The minimum Gasteiger partial charge on any atom is -0.469 e. The zero-order chi connectivity index (χ0) is 33.2. The number of esters is 1. The van der Waals surface area contributed by atoms with Crippen LogP contribution in [0.3, 0.4) is 0 Å². The maximum atomic E-state index is 14.8. The van der Waals surface area contributed by atoms with Crippen molar-refractivity contribution in [2.75, 3.05) is 7.11 Å². The molecule has 0 heterocycles. The van der Waals surface area contributed by atoms with Crippen molar-refractivity contribution in [3.05, 3.63) is 71.8 Å². The first-order valence-corrected chi connectivity index (χ1v) is 19.4. The van der Waals surface area contributed by atoms with E-state index in [4.69, 9.17) is 18.3 Å². The third kappa shape index (κ3) is 7.31. The fourth-order valence-corrected chi connectivity index (χ4v) is 12.0. The monoisotopic (exact) mass is 666 g/mol. The van der Waals surface area contributed by atoms with Gasteiger partial charge in [0, 0.05) is 6.42 Å². The second-order valence-electron chi connectivity index (χ2n) is 15.6. The second kappa shape index (κ2) is 14.5. The van der Waals surface area contributed by atoms with Crippen molar-refractivity contribution >= 4 is 13.8 Å². The number of ether oxygens (including phenoxy) is 1. The molecule has 6 rings (SSSR count). The van der Waals surface area contributed by atoms with Gasteiger partial charge in [0.2, 0.25) is 0 Å². The number of aliphatic hydroxyl groups is 1. The average Bonchev–Trinajstić information content (AvgIpc) is 3.44. The van der Waals surface area contributed by atoms with Gasteiger partial charge in [-0.05, 0) is 115 Å². The Balaban J connectivity index is 1.30. The summed E-state index contributed by atoms with van der Waals surface area (Å²) in [7, 11) is -2.53. The molecule has 4 aliphatic rings. The maximum absolute atomic E-state index is 14.8. The number of benzene rings is 2. The van der Waals surface area contributed by atoms with Crippen molar-refractivity contribution in [2.45, 2.75) is 110 Å². The van der Waals surface area contributed by atoms with Crippen LogP contribution in [-0.2, 0) is 40.9 Å². The van der Waals surface area contributed by atoms with Crippen molar-refractivity contribution in [2.24, 2.45) is 46.3 Å².